The summed E-state index contributed by atoms with van der Waals surface area (Å²) in [6, 6.07) is 7.16. The molecule has 0 fully saturated rings. The number of anilines is 1. The molecule has 0 bridgehead atoms. The summed E-state index contributed by atoms with van der Waals surface area (Å²) in [6.07, 6.45) is -4.57. The van der Waals surface area contributed by atoms with Crippen LogP contribution in [0.25, 0.3) is 10.1 Å². The van der Waals surface area contributed by atoms with E-state index in [0.29, 0.717) is 5.69 Å². The predicted octanol–water partition coefficient (Wildman–Crippen LogP) is 3.24. The highest BCUT2D eigenvalue weighted by Crippen LogP contribution is 2.28. The molecule has 0 saturated heterocycles. The molecule has 2 rings (SSSR count). The van der Waals surface area contributed by atoms with Crippen molar-refractivity contribution in [1.82, 2.24) is 0 Å². The van der Waals surface area contributed by atoms with Gasteiger partial charge in [0.25, 0.3) is 0 Å². The van der Waals surface area contributed by atoms with E-state index < -0.39 is 24.5 Å². The number of fused-ring (bicyclic) bond motifs is 1. The van der Waals surface area contributed by atoms with Crippen molar-refractivity contribution in [3.63, 3.8) is 0 Å². The van der Waals surface area contributed by atoms with Crippen LogP contribution in [0.15, 0.2) is 34.8 Å². The molecule has 1 aromatic carbocycles. The van der Waals surface area contributed by atoms with Crippen molar-refractivity contribution in [3.8, 4) is 0 Å². The van der Waals surface area contributed by atoms with Crippen molar-refractivity contribution >= 4 is 32.9 Å². The normalized spacial score (nSPS) is 14.4. The summed E-state index contributed by atoms with van der Waals surface area (Å²) in [5.74, 6) is -2.90. The molecular formula is C12H12F3N3OS. The summed E-state index contributed by atoms with van der Waals surface area (Å²) in [5, 5.41) is 16.4. The smallest absolute Gasteiger partial charge is 0.400 e. The van der Waals surface area contributed by atoms with Gasteiger partial charge < -0.3 is 16.3 Å². The van der Waals surface area contributed by atoms with E-state index in [0.717, 1.165) is 10.1 Å². The number of nitrogens with one attached hydrogen (secondary N) is 1. The Morgan fingerprint density at radius 3 is 2.80 bits per heavy atom. The highest BCUT2D eigenvalue weighted by molar-refractivity contribution is 7.17. The molecule has 0 aliphatic rings. The van der Waals surface area contributed by atoms with Gasteiger partial charge in [0.1, 0.15) is 5.92 Å². The first kappa shape index (κ1) is 14.4. The van der Waals surface area contributed by atoms with Crippen LogP contribution in [0.5, 0.6) is 0 Å². The number of hydrogen-bond acceptors (Lipinski definition) is 4. The van der Waals surface area contributed by atoms with Crippen LogP contribution in [-0.4, -0.2) is 23.8 Å². The zero-order valence-corrected chi connectivity index (χ0v) is 11.0. The lowest BCUT2D eigenvalue weighted by Gasteiger charge is -2.19. The fourth-order valence-corrected chi connectivity index (χ4v) is 2.53. The SMILES string of the molecule is N/C(=N/O)C(CNc1ccc2sccc2c1)C(F)(F)F. The Balaban J connectivity index is 2.12. The molecule has 1 unspecified atom stereocenters. The Morgan fingerprint density at radius 2 is 2.15 bits per heavy atom. The van der Waals surface area contributed by atoms with E-state index in [1.165, 1.54) is 0 Å². The third-order valence-corrected chi connectivity index (χ3v) is 3.73. The van der Waals surface area contributed by atoms with Crippen LogP contribution in [0, 0.1) is 5.92 Å². The number of rotatable bonds is 4. The molecule has 8 heteroatoms. The van der Waals surface area contributed by atoms with Crippen LogP contribution in [0.3, 0.4) is 0 Å². The quantitative estimate of drug-likeness (QED) is 0.351. The van der Waals surface area contributed by atoms with Gasteiger partial charge in [0.05, 0.1) is 0 Å². The third-order valence-electron chi connectivity index (χ3n) is 2.83. The summed E-state index contributed by atoms with van der Waals surface area (Å²) >= 11 is 1.55. The summed E-state index contributed by atoms with van der Waals surface area (Å²) in [4.78, 5) is 0. The van der Waals surface area contributed by atoms with E-state index in [-0.39, 0.29) is 0 Å². The maximum atomic E-state index is 12.8. The molecule has 1 atom stereocenters. The molecule has 20 heavy (non-hydrogen) atoms. The predicted molar refractivity (Wildman–Crippen MR) is 73.3 cm³/mol. The Labute approximate surface area is 116 Å². The molecule has 1 aromatic heterocycles. The van der Waals surface area contributed by atoms with Crippen molar-refractivity contribution in [2.45, 2.75) is 6.18 Å². The van der Waals surface area contributed by atoms with E-state index in [9.17, 15) is 13.2 Å². The minimum Gasteiger partial charge on any atom is -0.409 e. The lowest BCUT2D eigenvalue weighted by Crippen LogP contribution is -2.40. The zero-order valence-electron chi connectivity index (χ0n) is 10.2. The second-order valence-electron chi connectivity index (χ2n) is 4.17. The Bertz CT molecular complexity index is 624. The van der Waals surface area contributed by atoms with E-state index in [1.54, 1.807) is 23.5 Å². The number of alkyl halides is 3. The molecule has 0 saturated carbocycles. The first-order valence-corrected chi connectivity index (χ1v) is 6.55. The minimum absolute atomic E-state index is 0.491. The Morgan fingerprint density at radius 1 is 1.40 bits per heavy atom. The van der Waals surface area contributed by atoms with Crippen LogP contribution in [0.2, 0.25) is 0 Å². The van der Waals surface area contributed by atoms with Crippen LogP contribution < -0.4 is 11.1 Å². The second kappa shape index (κ2) is 5.58. The molecule has 4 nitrogen and oxygen atoms in total. The van der Waals surface area contributed by atoms with E-state index in [2.05, 4.69) is 10.5 Å². The largest absolute Gasteiger partial charge is 0.409 e. The first-order valence-electron chi connectivity index (χ1n) is 5.67. The highest BCUT2D eigenvalue weighted by Gasteiger charge is 2.42. The highest BCUT2D eigenvalue weighted by atomic mass is 32.1. The van der Waals surface area contributed by atoms with Gasteiger partial charge in [-0.05, 0) is 35.0 Å². The summed E-state index contributed by atoms with van der Waals surface area (Å²) in [5.41, 5.74) is 5.63. The molecule has 0 radical (unpaired) electrons. The summed E-state index contributed by atoms with van der Waals surface area (Å²) in [7, 11) is 0. The van der Waals surface area contributed by atoms with Gasteiger partial charge in [0.15, 0.2) is 5.84 Å². The van der Waals surface area contributed by atoms with Gasteiger partial charge in [-0.3, -0.25) is 0 Å². The maximum absolute atomic E-state index is 12.8. The van der Waals surface area contributed by atoms with Crippen molar-refractivity contribution in [1.29, 1.82) is 0 Å². The minimum atomic E-state index is -4.57. The van der Waals surface area contributed by atoms with E-state index in [1.807, 2.05) is 17.5 Å². The topological polar surface area (TPSA) is 70.6 Å². The molecule has 0 amide bonds. The monoisotopic (exact) mass is 303 g/mol. The van der Waals surface area contributed by atoms with Gasteiger partial charge in [0.2, 0.25) is 0 Å². The molecule has 0 spiro atoms. The molecule has 0 aliphatic heterocycles. The first-order chi connectivity index (χ1) is 9.41. The number of thiophene rings is 1. The fraction of sp³-hybridized carbons (Fsp3) is 0.250. The van der Waals surface area contributed by atoms with Gasteiger partial charge in [0, 0.05) is 16.9 Å². The molecular weight excluding hydrogens is 291 g/mol. The standard InChI is InChI=1S/C12H12F3N3OS/c13-12(14,15)9(11(16)18-19)6-17-8-1-2-10-7(5-8)3-4-20-10/h1-5,9,17,19H,6H2,(H2,16,18). The van der Waals surface area contributed by atoms with E-state index in [4.69, 9.17) is 10.9 Å². The van der Waals surface area contributed by atoms with Crippen molar-refractivity contribution in [2.75, 3.05) is 11.9 Å². The van der Waals surface area contributed by atoms with Gasteiger partial charge in [-0.25, -0.2) is 0 Å². The molecule has 1 heterocycles. The van der Waals surface area contributed by atoms with Crippen LogP contribution in [0.1, 0.15) is 0 Å². The number of benzene rings is 1. The number of hydrogen-bond donors (Lipinski definition) is 3. The Hall–Kier alpha value is -1.96. The van der Waals surface area contributed by atoms with Gasteiger partial charge in [-0.15, -0.1) is 11.3 Å². The van der Waals surface area contributed by atoms with Crippen molar-refractivity contribution < 1.29 is 18.4 Å². The van der Waals surface area contributed by atoms with Gasteiger partial charge >= 0.3 is 6.18 Å². The third kappa shape index (κ3) is 3.13. The van der Waals surface area contributed by atoms with Gasteiger partial charge in [-0.2, -0.15) is 13.2 Å². The van der Waals surface area contributed by atoms with Crippen molar-refractivity contribution in [3.05, 3.63) is 29.6 Å². The molecule has 0 aliphatic carbocycles. The van der Waals surface area contributed by atoms with Crippen LogP contribution in [0.4, 0.5) is 18.9 Å². The molecule has 4 N–H and O–H groups in total. The number of nitrogens with two attached hydrogens (primary N) is 1. The maximum Gasteiger partial charge on any atom is 0.400 e. The number of halogens is 3. The summed E-state index contributed by atoms with van der Waals surface area (Å²) in [6.45, 7) is -0.491. The van der Waals surface area contributed by atoms with Crippen LogP contribution in [-0.2, 0) is 0 Å². The van der Waals surface area contributed by atoms with Crippen molar-refractivity contribution in [2.24, 2.45) is 16.8 Å². The lowest BCUT2D eigenvalue weighted by molar-refractivity contribution is -0.152. The molecule has 2 aromatic rings. The zero-order chi connectivity index (χ0) is 14.8. The fourth-order valence-electron chi connectivity index (χ4n) is 1.75. The van der Waals surface area contributed by atoms with Gasteiger partial charge in [-0.1, -0.05) is 5.16 Å². The second-order valence-corrected chi connectivity index (χ2v) is 5.12. The Kier molecular flexibility index (Phi) is 4.03. The number of amidine groups is 1. The lowest BCUT2D eigenvalue weighted by atomic mass is 10.1. The summed E-state index contributed by atoms with van der Waals surface area (Å²) < 4.78 is 39.3. The number of nitrogens with zero attached hydrogens (tertiary/aromatic N) is 1. The average Bonchev–Trinajstić information content (AvgIpc) is 2.84. The van der Waals surface area contributed by atoms with Crippen LogP contribution >= 0.6 is 11.3 Å². The molecule has 108 valence electrons. The average molecular weight is 303 g/mol. The van der Waals surface area contributed by atoms with E-state index >= 15 is 0 Å². The number of oxime groups is 1.